The minimum Gasteiger partial charge on any atom is -0.489 e. The van der Waals surface area contributed by atoms with Crippen LogP contribution in [-0.2, 0) is 14.4 Å². The van der Waals surface area contributed by atoms with E-state index in [1.54, 1.807) is 5.06 Å². The number of ether oxygens (including phenoxy) is 1. The normalized spacial score (nSPS) is 17.8. The summed E-state index contributed by atoms with van der Waals surface area (Å²) in [6, 6.07) is 7.83. The summed E-state index contributed by atoms with van der Waals surface area (Å²) in [6.07, 6.45) is 3.04. The summed E-state index contributed by atoms with van der Waals surface area (Å²) >= 11 is 0. The lowest BCUT2D eigenvalue weighted by molar-refractivity contribution is -0.122. The Balaban J connectivity index is 1.96. The number of hydrogen-bond acceptors (Lipinski definition) is 4. The fourth-order valence-corrected chi connectivity index (χ4v) is 1.90. The molecule has 0 fully saturated rings. The predicted octanol–water partition coefficient (Wildman–Crippen LogP) is 1.58. The highest BCUT2D eigenvalue weighted by Crippen LogP contribution is 2.31. The third-order valence-corrected chi connectivity index (χ3v) is 2.79. The number of rotatable bonds is 1. The number of fused-ring (bicyclic) bond motifs is 1. The molecule has 0 saturated heterocycles. The number of anilines is 1. The van der Waals surface area contributed by atoms with Crippen LogP contribution in [0.1, 0.15) is 5.56 Å². The number of amides is 1. The summed E-state index contributed by atoms with van der Waals surface area (Å²) in [5.74, 6) is -0.192. The molecule has 0 saturated carbocycles. The van der Waals surface area contributed by atoms with Crippen molar-refractivity contribution in [3.05, 3.63) is 53.7 Å². The molecule has 92 valence electrons. The Morgan fingerprint density at radius 3 is 2.94 bits per heavy atom. The zero-order valence-corrected chi connectivity index (χ0v) is 9.84. The average Bonchev–Trinajstić information content (AvgIpc) is 2.64. The van der Waals surface area contributed by atoms with Gasteiger partial charge in [-0.05, 0) is 18.6 Å². The predicted molar refractivity (Wildman–Crippen MR) is 65.0 cm³/mol. The third-order valence-electron chi connectivity index (χ3n) is 2.79. The van der Waals surface area contributed by atoms with Gasteiger partial charge in [0.15, 0.2) is 6.61 Å². The van der Waals surface area contributed by atoms with E-state index in [-0.39, 0.29) is 12.5 Å². The van der Waals surface area contributed by atoms with Gasteiger partial charge in [0.25, 0.3) is 5.91 Å². The molecular weight excluding hydrogens is 232 g/mol. The molecule has 1 amide bonds. The molecule has 0 unspecified atom stereocenters. The summed E-state index contributed by atoms with van der Waals surface area (Å²) in [7, 11) is 0. The maximum absolute atomic E-state index is 11.4. The zero-order valence-electron chi connectivity index (χ0n) is 9.84. The van der Waals surface area contributed by atoms with Gasteiger partial charge >= 0.3 is 0 Å². The molecule has 1 aromatic carbocycles. The van der Waals surface area contributed by atoms with Crippen LogP contribution >= 0.6 is 0 Å². The van der Waals surface area contributed by atoms with Gasteiger partial charge in [-0.2, -0.15) is 5.06 Å². The van der Waals surface area contributed by atoms with Crippen LogP contribution < -0.4 is 10.4 Å². The van der Waals surface area contributed by atoms with Crippen molar-refractivity contribution in [1.29, 1.82) is 0 Å². The molecule has 2 heterocycles. The number of aryl methyl sites for hydroxylation is 1. The molecule has 18 heavy (non-hydrogen) atoms. The Bertz CT molecular complexity index is 563. The average molecular weight is 244 g/mol. The topological polar surface area (TPSA) is 50.8 Å². The van der Waals surface area contributed by atoms with Gasteiger partial charge in [0.05, 0.1) is 5.69 Å². The Hall–Kier alpha value is -2.43. The number of benzene rings is 1. The fourth-order valence-electron chi connectivity index (χ4n) is 1.90. The highest BCUT2D eigenvalue weighted by Gasteiger charge is 2.28. The van der Waals surface area contributed by atoms with Crippen molar-refractivity contribution in [3.63, 3.8) is 0 Å². The van der Waals surface area contributed by atoms with Gasteiger partial charge in [-0.1, -0.05) is 18.2 Å². The van der Waals surface area contributed by atoms with Crippen LogP contribution in [0.25, 0.3) is 0 Å². The van der Waals surface area contributed by atoms with Gasteiger partial charge in [0, 0.05) is 0 Å². The Kier molecular flexibility index (Phi) is 2.44. The summed E-state index contributed by atoms with van der Waals surface area (Å²) in [5.41, 5.74) is 3.29. The molecule has 1 aromatic rings. The van der Waals surface area contributed by atoms with Crippen LogP contribution in [0.3, 0.4) is 0 Å². The maximum Gasteiger partial charge on any atom is 0.262 e. The molecule has 5 nitrogen and oxygen atoms in total. The van der Waals surface area contributed by atoms with E-state index in [0.29, 0.717) is 11.4 Å². The fraction of sp³-hybridized carbons (Fsp3) is 0.154. The van der Waals surface area contributed by atoms with E-state index in [4.69, 9.17) is 9.57 Å². The van der Waals surface area contributed by atoms with Crippen molar-refractivity contribution >= 4 is 11.6 Å². The Labute approximate surface area is 104 Å². The van der Waals surface area contributed by atoms with Crippen LogP contribution in [0.4, 0.5) is 5.69 Å². The molecule has 1 N–H and O–H groups in total. The van der Waals surface area contributed by atoms with Crippen molar-refractivity contribution in [2.75, 3.05) is 11.7 Å². The smallest absolute Gasteiger partial charge is 0.262 e. The molecule has 0 radical (unpaired) electrons. The molecule has 0 aliphatic carbocycles. The standard InChI is InChI=1S/C13H12N2O3/c1-9-4-2-3-5-11(9)15-12-7-17-8-13(16)14-10(12)6-18-15/h2-7H,8H2,1H3,(H,14,16). The van der Waals surface area contributed by atoms with E-state index >= 15 is 0 Å². The van der Waals surface area contributed by atoms with E-state index in [9.17, 15) is 4.79 Å². The Morgan fingerprint density at radius 1 is 1.28 bits per heavy atom. The summed E-state index contributed by atoms with van der Waals surface area (Å²) < 4.78 is 5.18. The largest absolute Gasteiger partial charge is 0.489 e. The van der Waals surface area contributed by atoms with Crippen LogP contribution in [0, 0.1) is 6.92 Å². The molecule has 2 aliphatic rings. The highest BCUT2D eigenvalue weighted by molar-refractivity contribution is 5.81. The third kappa shape index (κ3) is 1.69. The Morgan fingerprint density at radius 2 is 2.11 bits per heavy atom. The molecule has 5 heteroatoms. The van der Waals surface area contributed by atoms with Crippen molar-refractivity contribution in [2.24, 2.45) is 0 Å². The van der Waals surface area contributed by atoms with E-state index in [2.05, 4.69) is 5.32 Å². The number of hydroxylamine groups is 1. The van der Waals surface area contributed by atoms with Crippen LogP contribution in [0.15, 0.2) is 48.2 Å². The highest BCUT2D eigenvalue weighted by atomic mass is 16.7. The van der Waals surface area contributed by atoms with E-state index < -0.39 is 0 Å². The molecular formula is C13H12N2O3. The van der Waals surface area contributed by atoms with Gasteiger partial charge in [-0.25, -0.2) is 0 Å². The van der Waals surface area contributed by atoms with Gasteiger partial charge < -0.3 is 14.9 Å². The zero-order chi connectivity index (χ0) is 12.5. The number of hydrogen-bond donors (Lipinski definition) is 1. The SMILES string of the molecule is Cc1ccccc1N1OC=C2NC(=O)COC=C21. The van der Waals surface area contributed by atoms with Crippen molar-refractivity contribution < 1.29 is 14.4 Å². The number of para-hydroxylation sites is 1. The van der Waals surface area contributed by atoms with Gasteiger partial charge in [0.2, 0.25) is 0 Å². The number of carbonyl (C=O) groups is 1. The molecule has 0 spiro atoms. The van der Waals surface area contributed by atoms with Crippen LogP contribution in [0.2, 0.25) is 0 Å². The first-order chi connectivity index (χ1) is 8.75. The summed E-state index contributed by atoms with van der Waals surface area (Å²) in [4.78, 5) is 16.8. The van der Waals surface area contributed by atoms with Gasteiger partial charge in [-0.15, -0.1) is 0 Å². The monoisotopic (exact) mass is 244 g/mol. The number of nitrogens with one attached hydrogen (secondary N) is 1. The second-order valence-corrected chi connectivity index (χ2v) is 4.08. The van der Waals surface area contributed by atoms with Crippen LogP contribution in [-0.4, -0.2) is 12.5 Å². The summed E-state index contributed by atoms with van der Waals surface area (Å²) in [6.45, 7) is 2.01. The van der Waals surface area contributed by atoms with Crippen molar-refractivity contribution in [1.82, 2.24) is 5.32 Å². The summed E-state index contributed by atoms with van der Waals surface area (Å²) in [5, 5.41) is 4.36. The van der Waals surface area contributed by atoms with Crippen LogP contribution in [0.5, 0.6) is 0 Å². The lowest BCUT2D eigenvalue weighted by atomic mass is 10.2. The quantitative estimate of drug-likeness (QED) is 0.814. The first-order valence-corrected chi connectivity index (χ1v) is 5.60. The lowest BCUT2D eigenvalue weighted by Gasteiger charge is -2.20. The second-order valence-electron chi connectivity index (χ2n) is 4.08. The van der Waals surface area contributed by atoms with Crippen molar-refractivity contribution in [2.45, 2.75) is 6.92 Å². The van der Waals surface area contributed by atoms with E-state index in [1.807, 2.05) is 31.2 Å². The maximum atomic E-state index is 11.4. The second kappa shape index (κ2) is 4.10. The lowest BCUT2D eigenvalue weighted by Crippen LogP contribution is -2.26. The minimum atomic E-state index is -0.192. The first-order valence-electron chi connectivity index (χ1n) is 5.60. The molecule has 0 bridgehead atoms. The molecule has 3 rings (SSSR count). The number of carbonyl (C=O) groups excluding carboxylic acids is 1. The molecule has 0 aromatic heterocycles. The first kappa shape index (κ1) is 10.7. The van der Waals surface area contributed by atoms with E-state index in [0.717, 1.165) is 11.3 Å². The van der Waals surface area contributed by atoms with E-state index in [1.165, 1.54) is 12.5 Å². The van der Waals surface area contributed by atoms with Gasteiger partial charge in [0.1, 0.15) is 23.9 Å². The van der Waals surface area contributed by atoms with Gasteiger partial charge in [-0.3, -0.25) is 4.79 Å². The number of nitrogens with zero attached hydrogens (tertiary/aromatic N) is 1. The molecule has 0 atom stereocenters. The van der Waals surface area contributed by atoms with Crippen molar-refractivity contribution in [3.8, 4) is 0 Å². The minimum absolute atomic E-state index is 0.0163. The molecule has 2 aliphatic heterocycles.